The highest BCUT2D eigenvalue weighted by Gasteiger charge is 2.34. The highest BCUT2D eigenvalue weighted by atomic mass is 127. The van der Waals surface area contributed by atoms with E-state index in [9.17, 15) is 24.5 Å². The Morgan fingerprint density at radius 2 is 1.89 bits per heavy atom. The molecule has 2 aromatic carbocycles. The zero-order valence-corrected chi connectivity index (χ0v) is 27.3. The SMILES string of the molecule is CCOC(=O)C1=C(C)N=c2s/c(=C\c3cc(I)c(OC)c([N+](=O)[O-])c3)c(=O)n2[C@@H]1c1ccc(OCC(=O)OC)c(OCC)c1. The number of benzene rings is 2. The monoisotopic (exact) mass is 737 g/mol. The second kappa shape index (κ2) is 14.0. The summed E-state index contributed by atoms with van der Waals surface area (Å²) >= 11 is 3.01. The lowest BCUT2D eigenvalue weighted by Crippen LogP contribution is -2.40. The molecule has 232 valence electrons. The van der Waals surface area contributed by atoms with Crippen LogP contribution in [0.25, 0.3) is 6.08 Å². The molecule has 1 aliphatic heterocycles. The van der Waals surface area contributed by atoms with Crippen molar-refractivity contribution in [3.63, 3.8) is 0 Å². The Morgan fingerprint density at radius 3 is 2.52 bits per heavy atom. The predicted octanol–water partition coefficient (Wildman–Crippen LogP) is 3.27. The average Bonchev–Trinajstić information content (AvgIpc) is 3.29. The van der Waals surface area contributed by atoms with Crippen molar-refractivity contribution in [1.82, 2.24) is 4.57 Å². The van der Waals surface area contributed by atoms with Crippen LogP contribution in [0.3, 0.4) is 0 Å². The molecule has 1 aromatic heterocycles. The summed E-state index contributed by atoms with van der Waals surface area (Å²) in [6.45, 7) is 5.13. The third-order valence-electron chi connectivity index (χ3n) is 6.42. The summed E-state index contributed by atoms with van der Waals surface area (Å²) in [7, 11) is 2.59. The van der Waals surface area contributed by atoms with Gasteiger partial charge in [0.2, 0.25) is 5.75 Å². The quantitative estimate of drug-likeness (QED) is 0.124. The minimum Gasteiger partial charge on any atom is -0.490 e. The second-order valence-corrected chi connectivity index (χ2v) is 11.3. The minimum absolute atomic E-state index is 0.103. The van der Waals surface area contributed by atoms with E-state index < -0.39 is 28.5 Å². The Morgan fingerprint density at radius 1 is 1.14 bits per heavy atom. The number of rotatable bonds is 11. The lowest BCUT2D eigenvalue weighted by molar-refractivity contribution is -0.385. The van der Waals surface area contributed by atoms with Gasteiger partial charge in [0.1, 0.15) is 0 Å². The molecule has 1 atom stereocenters. The number of ether oxygens (including phenoxy) is 5. The van der Waals surface area contributed by atoms with Crippen LogP contribution in [-0.4, -0.2) is 55.5 Å². The zero-order valence-electron chi connectivity index (χ0n) is 24.4. The summed E-state index contributed by atoms with van der Waals surface area (Å²) in [4.78, 5) is 54.9. The maximum atomic E-state index is 14.0. The number of hydrogen-bond acceptors (Lipinski definition) is 12. The van der Waals surface area contributed by atoms with Gasteiger partial charge in [-0.1, -0.05) is 17.4 Å². The van der Waals surface area contributed by atoms with Crippen molar-refractivity contribution in [3.05, 3.63) is 86.1 Å². The third kappa shape index (κ3) is 6.62. The Kier molecular flexibility index (Phi) is 10.4. The summed E-state index contributed by atoms with van der Waals surface area (Å²) < 4.78 is 28.7. The molecule has 44 heavy (non-hydrogen) atoms. The molecule has 1 aliphatic rings. The molecule has 0 amide bonds. The first-order chi connectivity index (χ1) is 21.0. The molecular weight excluding hydrogens is 709 g/mol. The van der Waals surface area contributed by atoms with E-state index in [4.69, 9.17) is 18.9 Å². The standard InChI is InChI=1S/C29H28IN3O10S/c1-6-41-21-13-17(8-9-20(21)43-14-23(34)39-4)25-24(28(36)42-7-2)15(3)31-29-32(25)27(35)22(44-29)12-16-10-18(30)26(40-5)19(11-16)33(37)38/h8-13,25H,6-7,14H2,1-5H3/b22-12-/t25-/m1/s1. The topological polar surface area (TPSA) is 158 Å². The van der Waals surface area contributed by atoms with E-state index in [-0.39, 0.29) is 52.9 Å². The van der Waals surface area contributed by atoms with Gasteiger partial charge >= 0.3 is 17.6 Å². The van der Waals surface area contributed by atoms with Crippen LogP contribution in [0.4, 0.5) is 5.69 Å². The van der Waals surface area contributed by atoms with Crippen molar-refractivity contribution in [2.45, 2.75) is 26.8 Å². The fraction of sp³-hybridized carbons (Fsp3) is 0.310. The van der Waals surface area contributed by atoms with Crippen LogP contribution in [-0.2, 0) is 19.1 Å². The predicted molar refractivity (Wildman–Crippen MR) is 168 cm³/mol. The average molecular weight is 738 g/mol. The Balaban J connectivity index is 1.93. The fourth-order valence-corrected chi connectivity index (χ4v) is 6.46. The lowest BCUT2D eigenvalue weighted by atomic mass is 9.95. The van der Waals surface area contributed by atoms with Crippen molar-refractivity contribution >= 4 is 57.6 Å². The van der Waals surface area contributed by atoms with Gasteiger partial charge in [-0.25, -0.2) is 14.6 Å². The van der Waals surface area contributed by atoms with Crippen LogP contribution in [0.2, 0.25) is 0 Å². The first-order valence-electron chi connectivity index (χ1n) is 13.2. The molecule has 0 saturated heterocycles. The molecule has 0 spiro atoms. The van der Waals surface area contributed by atoms with Gasteiger partial charge in [0, 0.05) is 6.07 Å². The fourth-order valence-electron chi connectivity index (χ4n) is 4.56. The summed E-state index contributed by atoms with van der Waals surface area (Å²) in [6, 6.07) is 6.91. The van der Waals surface area contributed by atoms with E-state index in [0.29, 0.717) is 25.2 Å². The molecule has 15 heteroatoms. The molecule has 0 radical (unpaired) electrons. The number of esters is 2. The number of methoxy groups -OCH3 is 2. The normalized spacial score (nSPS) is 14.4. The number of fused-ring (bicyclic) bond motifs is 1. The van der Waals surface area contributed by atoms with Crippen LogP contribution in [0.1, 0.15) is 37.9 Å². The molecule has 0 aliphatic carbocycles. The first kappa shape index (κ1) is 32.7. The summed E-state index contributed by atoms with van der Waals surface area (Å²) in [6.07, 6.45) is 1.54. The number of carbonyl (C=O) groups is 2. The van der Waals surface area contributed by atoms with E-state index in [2.05, 4.69) is 9.73 Å². The van der Waals surface area contributed by atoms with Gasteiger partial charge in [-0.3, -0.25) is 19.5 Å². The molecule has 2 heterocycles. The molecule has 0 bridgehead atoms. The number of aromatic nitrogens is 1. The number of nitro benzene ring substituents is 1. The van der Waals surface area contributed by atoms with Gasteiger partial charge in [0.25, 0.3) is 5.56 Å². The Labute approximate surface area is 268 Å². The number of allylic oxidation sites excluding steroid dienone is 1. The van der Waals surface area contributed by atoms with Gasteiger partial charge in [-0.2, -0.15) is 0 Å². The van der Waals surface area contributed by atoms with Crippen LogP contribution in [0.5, 0.6) is 17.2 Å². The number of thiazole rings is 1. The van der Waals surface area contributed by atoms with Gasteiger partial charge in [0.15, 0.2) is 22.9 Å². The van der Waals surface area contributed by atoms with E-state index in [1.165, 1.54) is 30.9 Å². The number of carbonyl (C=O) groups excluding carboxylic acids is 2. The number of nitro groups is 1. The zero-order chi connectivity index (χ0) is 32.1. The van der Waals surface area contributed by atoms with Gasteiger partial charge in [-0.15, -0.1) is 0 Å². The summed E-state index contributed by atoms with van der Waals surface area (Å²) in [5.74, 6) is -0.550. The number of hydrogen-bond donors (Lipinski definition) is 0. The van der Waals surface area contributed by atoms with Crippen LogP contribution in [0, 0.1) is 13.7 Å². The molecule has 13 nitrogen and oxygen atoms in total. The highest BCUT2D eigenvalue weighted by molar-refractivity contribution is 14.1. The van der Waals surface area contributed by atoms with Crippen molar-refractivity contribution in [3.8, 4) is 17.2 Å². The van der Waals surface area contributed by atoms with Crippen LogP contribution < -0.4 is 29.1 Å². The van der Waals surface area contributed by atoms with Crippen molar-refractivity contribution in [1.29, 1.82) is 0 Å². The van der Waals surface area contributed by atoms with Crippen molar-refractivity contribution in [2.24, 2.45) is 4.99 Å². The Bertz CT molecular complexity index is 1850. The number of halogens is 1. The van der Waals surface area contributed by atoms with E-state index >= 15 is 0 Å². The minimum atomic E-state index is -0.952. The van der Waals surface area contributed by atoms with Gasteiger partial charge in [-0.05, 0) is 78.8 Å². The maximum Gasteiger partial charge on any atom is 0.343 e. The van der Waals surface area contributed by atoms with E-state index in [0.717, 1.165) is 11.3 Å². The maximum absolute atomic E-state index is 14.0. The molecule has 4 rings (SSSR count). The van der Waals surface area contributed by atoms with E-state index in [1.54, 1.807) is 45.0 Å². The molecule has 3 aromatic rings. The van der Waals surface area contributed by atoms with E-state index in [1.807, 2.05) is 22.6 Å². The Hall–Kier alpha value is -4.25. The first-order valence-corrected chi connectivity index (χ1v) is 15.1. The lowest BCUT2D eigenvalue weighted by Gasteiger charge is -2.25. The smallest absolute Gasteiger partial charge is 0.343 e. The second-order valence-electron chi connectivity index (χ2n) is 9.12. The highest BCUT2D eigenvalue weighted by Crippen LogP contribution is 2.37. The molecule has 0 N–H and O–H groups in total. The third-order valence-corrected chi connectivity index (χ3v) is 8.20. The molecular formula is C29H28IN3O10S. The van der Waals surface area contributed by atoms with Crippen molar-refractivity contribution in [2.75, 3.05) is 34.0 Å². The summed E-state index contributed by atoms with van der Waals surface area (Å²) in [5, 5.41) is 11.7. The summed E-state index contributed by atoms with van der Waals surface area (Å²) in [5.41, 5.74) is 0.723. The molecule has 0 saturated carbocycles. The van der Waals surface area contributed by atoms with Gasteiger partial charge < -0.3 is 23.7 Å². The largest absolute Gasteiger partial charge is 0.490 e. The van der Waals surface area contributed by atoms with Gasteiger partial charge in [0.05, 0.1) is 57.8 Å². The van der Waals surface area contributed by atoms with Crippen LogP contribution >= 0.6 is 33.9 Å². The van der Waals surface area contributed by atoms with Crippen molar-refractivity contribution < 1.29 is 38.2 Å². The molecule has 0 unspecified atom stereocenters. The molecule has 0 fully saturated rings. The van der Waals surface area contributed by atoms with Crippen LogP contribution in [0.15, 0.2) is 51.4 Å². The number of nitrogens with zero attached hydrogens (tertiary/aromatic N) is 3.